The Kier molecular flexibility index (Phi) is 4.52. The monoisotopic (exact) mass is 227 g/mol. The molecule has 0 aromatic carbocycles. The predicted octanol–water partition coefficient (Wildman–Crippen LogP) is 1.25. The number of methoxy groups -OCH3 is 2. The minimum absolute atomic E-state index is 0.178. The average Bonchev–Trinajstić information content (AvgIpc) is 2.60. The van der Waals surface area contributed by atoms with Crippen molar-refractivity contribution >= 4 is 5.91 Å². The fourth-order valence-corrected chi connectivity index (χ4v) is 1.44. The summed E-state index contributed by atoms with van der Waals surface area (Å²) in [6, 6.07) is 0. The van der Waals surface area contributed by atoms with Crippen LogP contribution in [-0.4, -0.2) is 33.0 Å². The third-order valence-corrected chi connectivity index (χ3v) is 2.34. The highest BCUT2D eigenvalue weighted by Crippen LogP contribution is 2.14. The maximum absolute atomic E-state index is 11.8. The van der Waals surface area contributed by atoms with E-state index in [-0.39, 0.29) is 5.91 Å². The van der Waals surface area contributed by atoms with E-state index < -0.39 is 6.29 Å². The summed E-state index contributed by atoms with van der Waals surface area (Å²) in [5, 5.41) is 2.72. The molecule has 0 radical (unpaired) electrons. The lowest BCUT2D eigenvalue weighted by molar-refractivity contribution is -0.0974. The van der Waals surface area contributed by atoms with Gasteiger partial charge < -0.3 is 19.2 Å². The van der Waals surface area contributed by atoms with E-state index in [2.05, 4.69) is 5.32 Å². The summed E-state index contributed by atoms with van der Waals surface area (Å²) in [6.07, 6.45) is 1.13. The number of hydrogen-bond acceptors (Lipinski definition) is 4. The first kappa shape index (κ1) is 12.7. The molecule has 0 aliphatic carbocycles. The molecule has 16 heavy (non-hydrogen) atoms. The van der Waals surface area contributed by atoms with Crippen LogP contribution in [0, 0.1) is 13.8 Å². The molecule has 5 heteroatoms. The first-order valence-corrected chi connectivity index (χ1v) is 4.98. The maximum atomic E-state index is 11.8. The number of carbonyl (C=O) groups excluding carboxylic acids is 1. The lowest BCUT2D eigenvalue weighted by atomic mass is 10.1. The standard InChI is InChI=1S/C11H17NO4/c1-7-6-16-8(2)10(7)11(13)12-5-9(14-3)15-4/h6,9H,5H2,1-4H3,(H,12,13). The van der Waals surface area contributed by atoms with Gasteiger partial charge >= 0.3 is 0 Å². The number of carbonyl (C=O) groups is 1. The van der Waals surface area contributed by atoms with Gasteiger partial charge in [0.1, 0.15) is 5.76 Å². The van der Waals surface area contributed by atoms with E-state index in [1.807, 2.05) is 6.92 Å². The van der Waals surface area contributed by atoms with Gasteiger partial charge in [0, 0.05) is 19.8 Å². The molecule has 0 bridgehead atoms. The van der Waals surface area contributed by atoms with Crippen molar-refractivity contribution in [3.63, 3.8) is 0 Å². The second kappa shape index (κ2) is 5.67. The minimum Gasteiger partial charge on any atom is -0.469 e. The number of nitrogens with one attached hydrogen (secondary N) is 1. The molecule has 0 spiro atoms. The molecule has 1 N–H and O–H groups in total. The van der Waals surface area contributed by atoms with E-state index in [1.165, 1.54) is 14.2 Å². The molecule has 0 atom stereocenters. The predicted molar refractivity (Wildman–Crippen MR) is 58.3 cm³/mol. The largest absolute Gasteiger partial charge is 0.469 e. The second-order valence-electron chi connectivity index (χ2n) is 3.46. The third-order valence-electron chi connectivity index (χ3n) is 2.34. The highest BCUT2D eigenvalue weighted by molar-refractivity contribution is 5.96. The van der Waals surface area contributed by atoms with Crippen molar-refractivity contribution in [3.8, 4) is 0 Å². The van der Waals surface area contributed by atoms with Crippen LogP contribution in [0.3, 0.4) is 0 Å². The molecular formula is C11H17NO4. The van der Waals surface area contributed by atoms with Gasteiger partial charge in [-0.2, -0.15) is 0 Å². The molecular weight excluding hydrogens is 210 g/mol. The Morgan fingerprint density at radius 1 is 1.44 bits per heavy atom. The Labute approximate surface area is 94.7 Å². The van der Waals surface area contributed by atoms with Gasteiger partial charge in [-0.3, -0.25) is 4.79 Å². The summed E-state index contributed by atoms with van der Waals surface area (Å²) in [5.74, 6) is 0.434. The molecule has 0 fully saturated rings. The van der Waals surface area contributed by atoms with Crippen molar-refractivity contribution in [3.05, 3.63) is 23.2 Å². The Morgan fingerprint density at radius 2 is 2.06 bits per heavy atom. The molecule has 0 unspecified atom stereocenters. The highest BCUT2D eigenvalue weighted by Gasteiger charge is 2.16. The number of rotatable bonds is 5. The molecule has 1 heterocycles. The Bertz CT molecular complexity index is 335. The first-order chi connectivity index (χ1) is 7.60. The molecule has 0 saturated heterocycles. The number of hydrogen-bond donors (Lipinski definition) is 1. The van der Waals surface area contributed by atoms with Gasteiger partial charge in [-0.1, -0.05) is 0 Å². The zero-order chi connectivity index (χ0) is 12.1. The van der Waals surface area contributed by atoms with Crippen LogP contribution < -0.4 is 5.32 Å². The van der Waals surface area contributed by atoms with E-state index in [4.69, 9.17) is 13.9 Å². The van der Waals surface area contributed by atoms with Gasteiger partial charge in [0.2, 0.25) is 0 Å². The Balaban J connectivity index is 2.59. The smallest absolute Gasteiger partial charge is 0.255 e. The van der Waals surface area contributed by atoms with Crippen LogP contribution in [0.25, 0.3) is 0 Å². The van der Waals surface area contributed by atoms with Gasteiger partial charge in [-0.25, -0.2) is 0 Å². The van der Waals surface area contributed by atoms with Crippen LogP contribution >= 0.6 is 0 Å². The molecule has 1 amide bonds. The molecule has 0 aliphatic heterocycles. The Morgan fingerprint density at radius 3 is 2.50 bits per heavy atom. The van der Waals surface area contributed by atoms with Crippen LogP contribution in [0.4, 0.5) is 0 Å². The third kappa shape index (κ3) is 2.84. The van der Waals surface area contributed by atoms with Crippen LogP contribution in [-0.2, 0) is 9.47 Å². The highest BCUT2D eigenvalue weighted by atomic mass is 16.7. The first-order valence-electron chi connectivity index (χ1n) is 4.98. The van der Waals surface area contributed by atoms with Crippen molar-refractivity contribution in [2.24, 2.45) is 0 Å². The van der Waals surface area contributed by atoms with Gasteiger partial charge in [0.25, 0.3) is 5.91 Å². The number of amides is 1. The van der Waals surface area contributed by atoms with E-state index in [9.17, 15) is 4.79 Å². The molecule has 1 aromatic rings. The van der Waals surface area contributed by atoms with Crippen molar-refractivity contribution in [2.45, 2.75) is 20.1 Å². The summed E-state index contributed by atoms with van der Waals surface area (Å²) >= 11 is 0. The summed E-state index contributed by atoms with van der Waals surface area (Å²) < 4.78 is 15.1. The molecule has 90 valence electrons. The summed E-state index contributed by atoms with van der Waals surface area (Å²) in [5.41, 5.74) is 1.40. The zero-order valence-corrected chi connectivity index (χ0v) is 9.99. The topological polar surface area (TPSA) is 60.7 Å². The number of ether oxygens (including phenoxy) is 2. The SMILES string of the molecule is COC(CNC(=O)c1c(C)coc1C)OC. The lowest BCUT2D eigenvalue weighted by Crippen LogP contribution is -2.34. The average molecular weight is 227 g/mol. The second-order valence-corrected chi connectivity index (χ2v) is 3.46. The van der Waals surface area contributed by atoms with Gasteiger partial charge in [0.15, 0.2) is 6.29 Å². The van der Waals surface area contributed by atoms with Crippen LogP contribution in [0.1, 0.15) is 21.7 Å². The summed E-state index contributed by atoms with van der Waals surface area (Å²) in [6.45, 7) is 3.89. The summed E-state index contributed by atoms with van der Waals surface area (Å²) in [4.78, 5) is 11.8. The van der Waals surface area contributed by atoms with Crippen LogP contribution in [0.15, 0.2) is 10.7 Å². The molecule has 1 aromatic heterocycles. The quantitative estimate of drug-likeness (QED) is 0.769. The fourth-order valence-electron chi connectivity index (χ4n) is 1.44. The van der Waals surface area contributed by atoms with Gasteiger partial charge in [-0.05, 0) is 13.8 Å². The van der Waals surface area contributed by atoms with Crippen molar-refractivity contribution in [1.29, 1.82) is 0 Å². The van der Waals surface area contributed by atoms with Crippen molar-refractivity contribution in [1.82, 2.24) is 5.32 Å². The molecule has 0 aliphatic rings. The van der Waals surface area contributed by atoms with E-state index >= 15 is 0 Å². The van der Waals surface area contributed by atoms with E-state index in [0.717, 1.165) is 5.56 Å². The Hall–Kier alpha value is -1.33. The molecule has 5 nitrogen and oxygen atoms in total. The van der Waals surface area contributed by atoms with E-state index in [0.29, 0.717) is 17.9 Å². The number of furan rings is 1. The lowest BCUT2D eigenvalue weighted by Gasteiger charge is -2.13. The van der Waals surface area contributed by atoms with Crippen molar-refractivity contribution < 1.29 is 18.7 Å². The van der Waals surface area contributed by atoms with Crippen LogP contribution in [0.5, 0.6) is 0 Å². The maximum Gasteiger partial charge on any atom is 0.255 e. The van der Waals surface area contributed by atoms with Gasteiger partial charge in [0.05, 0.1) is 18.4 Å². The number of aryl methyl sites for hydroxylation is 2. The minimum atomic E-state index is -0.434. The fraction of sp³-hybridized carbons (Fsp3) is 0.545. The molecule has 0 saturated carbocycles. The molecule has 1 rings (SSSR count). The zero-order valence-electron chi connectivity index (χ0n) is 9.99. The van der Waals surface area contributed by atoms with E-state index in [1.54, 1.807) is 13.2 Å². The normalized spacial score (nSPS) is 10.8. The summed E-state index contributed by atoms with van der Waals surface area (Å²) in [7, 11) is 3.04. The van der Waals surface area contributed by atoms with Crippen molar-refractivity contribution in [2.75, 3.05) is 20.8 Å². The van der Waals surface area contributed by atoms with Gasteiger partial charge in [-0.15, -0.1) is 0 Å². The van der Waals surface area contributed by atoms with Crippen LogP contribution in [0.2, 0.25) is 0 Å².